The van der Waals surface area contributed by atoms with E-state index in [2.05, 4.69) is 43.4 Å². The summed E-state index contributed by atoms with van der Waals surface area (Å²) in [6.45, 7) is 5.82. The molecule has 0 spiro atoms. The van der Waals surface area contributed by atoms with Gasteiger partial charge in [-0.1, -0.05) is 353 Å². The zero-order chi connectivity index (χ0) is 62.0. The molecule has 1 fully saturated rings. The lowest BCUT2D eigenvalue weighted by molar-refractivity contribution is -0.316. The summed E-state index contributed by atoms with van der Waals surface area (Å²) in [5.41, 5.74) is 10.4. The highest BCUT2D eigenvalue weighted by molar-refractivity contribution is 5.76. The monoisotopic (exact) mass is 1220 g/mol. The Morgan fingerprint density at radius 3 is 1.17 bits per heavy atom. The average Bonchev–Trinajstić information content (AvgIpc) is 1.70. The predicted molar refractivity (Wildman–Crippen MR) is 364 cm³/mol. The summed E-state index contributed by atoms with van der Waals surface area (Å²) in [4.78, 5) is 14.5. The van der Waals surface area contributed by atoms with E-state index in [9.17, 15) is 9.90 Å². The van der Waals surface area contributed by atoms with E-state index in [1.807, 2.05) is 97.1 Å². The molecule has 0 unspecified atom stereocenters. The van der Waals surface area contributed by atoms with Crippen molar-refractivity contribution in [1.29, 1.82) is 0 Å². The maximum Gasteiger partial charge on any atom is 0.220 e. The number of carbonyl (C=O) groups excluding carboxylic acids is 1. The number of ether oxygens (including phenoxy) is 6. The molecule has 4 aromatic rings. The van der Waals surface area contributed by atoms with Gasteiger partial charge in [-0.2, -0.15) is 0 Å². The first-order valence-electron chi connectivity index (χ1n) is 36.1. The molecular formula is C78H124N2O8. The number of nitrogens with two attached hydrogens (primary N) is 1. The first kappa shape index (κ1) is 74.8. The molecule has 8 atom stereocenters. The van der Waals surface area contributed by atoms with E-state index in [-0.39, 0.29) is 32.3 Å². The number of hydrogen-bond acceptors (Lipinski definition) is 9. The Balaban J connectivity index is 1.24. The largest absolute Gasteiger partial charge is 0.388 e. The SMILES string of the molecule is CCCCCCCCCCCCCCCCCCCCCCCCCC(=O)N[C@@H](CO[C@H]1O[C@H](CN)[C@H](O)[C@H](OCc2ccccc2)[C@H]1OCc1ccccc1)[C@H](OCc1ccccc1)[C@@H](CCCCCCCCCCCCCC)OCc1ccccc1. The van der Waals surface area contributed by atoms with Gasteiger partial charge < -0.3 is 44.6 Å². The van der Waals surface area contributed by atoms with Gasteiger partial charge in [0.15, 0.2) is 6.29 Å². The summed E-state index contributed by atoms with van der Waals surface area (Å²) >= 11 is 0. The van der Waals surface area contributed by atoms with E-state index in [1.165, 1.54) is 193 Å². The Morgan fingerprint density at radius 2 is 0.784 bits per heavy atom. The normalized spacial score (nSPS) is 17.9. The zero-order valence-electron chi connectivity index (χ0n) is 55.5. The molecule has 4 N–H and O–H groups in total. The fourth-order valence-corrected chi connectivity index (χ4v) is 12.4. The van der Waals surface area contributed by atoms with Crippen molar-refractivity contribution in [3.8, 4) is 0 Å². The standard InChI is InChI=1S/C78H124N2O8/c1-3-5-7-9-11-13-15-17-18-19-20-21-22-23-24-25-26-27-29-31-33-35-49-59-73(81)80-70(65-87-78-77(86-64-69-56-46-39-47-57-69)76(74(82)72(60-79)88-78)85-63-68-54-44-38-45-55-68)75(84-62-67-52-42-37-43-53-67)71(83-61-66-50-40-36-41-51-66)58-48-34-32-30-28-16-14-12-10-8-6-4-2/h36-47,50-57,70-72,74-78,82H,3-35,48-49,58-65,79H2,1-2H3,(H,80,81)/t70-,71+,72+,74-,75-,76-,77+,78-/m0/s1. The molecule has 0 saturated carbocycles. The molecule has 0 radical (unpaired) electrons. The van der Waals surface area contributed by atoms with Crippen LogP contribution in [0.2, 0.25) is 0 Å². The van der Waals surface area contributed by atoms with Crippen LogP contribution in [-0.2, 0) is 59.6 Å². The fourth-order valence-electron chi connectivity index (χ4n) is 12.4. The molecule has 1 amide bonds. The number of carbonyl (C=O) groups is 1. The number of nitrogens with one attached hydrogen (secondary N) is 1. The highest BCUT2D eigenvalue weighted by Crippen LogP contribution is 2.30. The van der Waals surface area contributed by atoms with Crippen LogP contribution in [-0.4, -0.2) is 73.1 Å². The smallest absolute Gasteiger partial charge is 0.220 e. The van der Waals surface area contributed by atoms with Gasteiger partial charge in [-0.15, -0.1) is 0 Å². The summed E-state index contributed by atoms with van der Waals surface area (Å²) < 4.78 is 41.1. The molecule has 1 aliphatic heterocycles. The van der Waals surface area contributed by atoms with Crippen molar-refractivity contribution in [1.82, 2.24) is 5.32 Å². The number of hydrogen-bond donors (Lipinski definition) is 3. The topological polar surface area (TPSA) is 131 Å². The Bertz CT molecular complexity index is 2190. The van der Waals surface area contributed by atoms with E-state index in [1.54, 1.807) is 0 Å². The molecule has 10 nitrogen and oxygen atoms in total. The zero-order valence-corrected chi connectivity index (χ0v) is 55.5. The minimum absolute atomic E-state index is 0.0168. The highest BCUT2D eigenvalue weighted by atomic mass is 16.7. The number of aliphatic hydroxyl groups is 1. The fraction of sp³-hybridized carbons (Fsp3) is 0.679. The minimum Gasteiger partial charge on any atom is -0.388 e. The summed E-state index contributed by atoms with van der Waals surface area (Å²) in [6.07, 6.45) is 41.1. The van der Waals surface area contributed by atoms with Crippen LogP contribution in [0.3, 0.4) is 0 Å². The van der Waals surface area contributed by atoms with E-state index in [4.69, 9.17) is 34.2 Å². The molecule has 1 aliphatic rings. The lowest BCUT2D eigenvalue weighted by Gasteiger charge is -2.44. The summed E-state index contributed by atoms with van der Waals surface area (Å²) in [7, 11) is 0. The maximum atomic E-state index is 14.5. The van der Waals surface area contributed by atoms with Gasteiger partial charge in [0.25, 0.3) is 0 Å². The summed E-state index contributed by atoms with van der Waals surface area (Å²) in [6, 6.07) is 39.8. The van der Waals surface area contributed by atoms with Crippen molar-refractivity contribution in [2.45, 2.75) is 327 Å². The van der Waals surface area contributed by atoms with Crippen molar-refractivity contribution < 1.29 is 38.3 Å². The van der Waals surface area contributed by atoms with Gasteiger partial charge in [0.1, 0.15) is 30.5 Å². The number of amides is 1. The third-order valence-corrected chi connectivity index (χ3v) is 17.9. The molecule has 0 aliphatic carbocycles. The van der Waals surface area contributed by atoms with Crippen LogP contribution >= 0.6 is 0 Å². The molecule has 4 aromatic carbocycles. The van der Waals surface area contributed by atoms with Crippen molar-refractivity contribution in [2.24, 2.45) is 5.73 Å². The average molecular weight is 1220 g/mol. The van der Waals surface area contributed by atoms with E-state index >= 15 is 0 Å². The molecule has 494 valence electrons. The number of aliphatic hydroxyl groups excluding tert-OH is 1. The Kier molecular flexibility index (Phi) is 43.0. The molecular weight excluding hydrogens is 1090 g/mol. The van der Waals surface area contributed by atoms with E-state index < -0.39 is 49.0 Å². The van der Waals surface area contributed by atoms with Gasteiger partial charge in [-0.3, -0.25) is 4.79 Å². The highest BCUT2D eigenvalue weighted by Gasteiger charge is 2.48. The van der Waals surface area contributed by atoms with Crippen LogP contribution in [0.15, 0.2) is 121 Å². The summed E-state index contributed by atoms with van der Waals surface area (Å²) in [5.74, 6) is -0.0432. The maximum absolute atomic E-state index is 14.5. The minimum atomic E-state index is -1.10. The predicted octanol–water partition coefficient (Wildman–Crippen LogP) is 19.3. The number of rotatable bonds is 56. The second-order valence-corrected chi connectivity index (χ2v) is 25.6. The van der Waals surface area contributed by atoms with Crippen LogP contribution in [0.4, 0.5) is 0 Å². The van der Waals surface area contributed by atoms with Crippen molar-refractivity contribution in [3.05, 3.63) is 144 Å². The van der Waals surface area contributed by atoms with Crippen LogP contribution in [0.25, 0.3) is 0 Å². The van der Waals surface area contributed by atoms with Gasteiger partial charge in [0.05, 0.1) is 45.2 Å². The second kappa shape index (κ2) is 50.6. The van der Waals surface area contributed by atoms with E-state index in [0.717, 1.165) is 60.8 Å². The first-order valence-corrected chi connectivity index (χ1v) is 36.1. The molecule has 1 saturated heterocycles. The van der Waals surface area contributed by atoms with Gasteiger partial charge in [-0.25, -0.2) is 0 Å². The van der Waals surface area contributed by atoms with Crippen LogP contribution in [0.1, 0.15) is 274 Å². The Labute approximate surface area is 536 Å². The van der Waals surface area contributed by atoms with Crippen molar-refractivity contribution in [2.75, 3.05) is 13.2 Å². The molecule has 0 bridgehead atoms. The third-order valence-electron chi connectivity index (χ3n) is 17.9. The van der Waals surface area contributed by atoms with E-state index in [0.29, 0.717) is 19.6 Å². The van der Waals surface area contributed by atoms with Crippen LogP contribution < -0.4 is 11.1 Å². The third kappa shape index (κ3) is 33.9. The lowest BCUT2D eigenvalue weighted by Crippen LogP contribution is -2.62. The molecule has 5 rings (SSSR count). The summed E-state index contributed by atoms with van der Waals surface area (Å²) in [5, 5.41) is 15.4. The van der Waals surface area contributed by atoms with Gasteiger partial charge in [0, 0.05) is 13.0 Å². The quantitative estimate of drug-likeness (QED) is 0.0370. The Hall–Kier alpha value is -3.97. The molecule has 1 heterocycles. The van der Waals surface area contributed by atoms with Crippen molar-refractivity contribution in [3.63, 3.8) is 0 Å². The first-order chi connectivity index (χ1) is 43.5. The molecule has 0 aromatic heterocycles. The molecule has 10 heteroatoms. The van der Waals surface area contributed by atoms with Crippen LogP contribution in [0, 0.1) is 0 Å². The lowest BCUT2D eigenvalue weighted by atomic mass is 9.97. The van der Waals surface area contributed by atoms with Gasteiger partial charge >= 0.3 is 0 Å². The van der Waals surface area contributed by atoms with Gasteiger partial charge in [0.2, 0.25) is 5.91 Å². The Morgan fingerprint density at radius 1 is 0.443 bits per heavy atom. The van der Waals surface area contributed by atoms with Crippen molar-refractivity contribution >= 4 is 5.91 Å². The van der Waals surface area contributed by atoms with Gasteiger partial charge in [-0.05, 0) is 35.1 Å². The van der Waals surface area contributed by atoms with Crippen LogP contribution in [0.5, 0.6) is 0 Å². The number of unbranched alkanes of at least 4 members (excludes halogenated alkanes) is 33. The molecule has 88 heavy (non-hydrogen) atoms. The second-order valence-electron chi connectivity index (χ2n) is 25.6. The number of benzene rings is 4.